The molecule has 0 aliphatic carbocycles. The first-order valence-corrected chi connectivity index (χ1v) is 11.7. The number of sulfonamides is 1. The molecule has 28 heavy (non-hydrogen) atoms. The second-order valence-electron chi connectivity index (χ2n) is 6.39. The molecule has 0 saturated carbocycles. The number of carbonyl (C=O) groups excluding carboxylic acids is 1. The highest BCUT2D eigenvalue weighted by atomic mass is 32.2. The minimum absolute atomic E-state index is 0.0419. The normalized spacial score (nSPS) is 17.0. The molecule has 1 aliphatic heterocycles. The molecule has 2 aromatic heterocycles. The number of hydrogen-bond acceptors (Lipinski definition) is 6. The molecule has 1 atom stereocenters. The van der Waals surface area contributed by atoms with E-state index in [4.69, 9.17) is 5.73 Å². The van der Waals surface area contributed by atoms with Crippen molar-refractivity contribution in [1.29, 1.82) is 0 Å². The molecule has 3 heterocycles. The average Bonchev–Trinajstić information content (AvgIpc) is 3.39. The molecule has 0 bridgehead atoms. The fourth-order valence-corrected chi connectivity index (χ4v) is 6.56. The molecule has 1 aromatic carbocycles. The van der Waals surface area contributed by atoms with Crippen LogP contribution in [0.4, 0.5) is 5.69 Å². The van der Waals surface area contributed by atoms with Crippen LogP contribution in [0.3, 0.4) is 0 Å². The maximum atomic E-state index is 12.9. The third-order valence-electron chi connectivity index (χ3n) is 4.46. The van der Waals surface area contributed by atoms with Gasteiger partial charge in [0.05, 0.1) is 23.4 Å². The average molecular weight is 435 g/mol. The lowest BCUT2D eigenvalue weighted by atomic mass is 10.2. The van der Waals surface area contributed by atoms with E-state index in [2.05, 4.69) is 9.98 Å². The van der Waals surface area contributed by atoms with Crippen LogP contribution in [-0.2, 0) is 14.8 Å². The zero-order chi connectivity index (χ0) is 19.9. The van der Waals surface area contributed by atoms with Gasteiger partial charge in [-0.05, 0) is 23.6 Å². The van der Waals surface area contributed by atoms with Gasteiger partial charge in [0.25, 0.3) is 10.0 Å². The third-order valence-corrected chi connectivity index (χ3v) is 8.83. The van der Waals surface area contributed by atoms with Crippen LogP contribution in [0.5, 0.6) is 0 Å². The van der Waals surface area contributed by atoms with Crippen LogP contribution in [0.1, 0.15) is 12.1 Å². The molecule has 146 valence electrons. The lowest BCUT2D eigenvalue weighted by molar-refractivity contribution is -0.117. The van der Waals surface area contributed by atoms with Crippen LogP contribution in [0.25, 0.3) is 10.9 Å². The van der Waals surface area contributed by atoms with Gasteiger partial charge in [-0.15, -0.1) is 11.3 Å². The van der Waals surface area contributed by atoms with Gasteiger partial charge < -0.3 is 10.7 Å². The SMILES string of the molecule is CN(c1cccc2cc(C3=NCC(CC(N)=O)S3)[nH]c12)S(=O)(=O)c1cccs1. The van der Waals surface area contributed by atoms with E-state index in [-0.39, 0.29) is 17.6 Å². The maximum absolute atomic E-state index is 12.9. The highest BCUT2D eigenvalue weighted by Crippen LogP contribution is 2.34. The van der Waals surface area contributed by atoms with E-state index in [9.17, 15) is 13.2 Å². The Hall–Kier alpha value is -2.30. The van der Waals surface area contributed by atoms with Gasteiger partial charge in [-0.3, -0.25) is 14.1 Å². The monoisotopic (exact) mass is 434 g/mol. The molecule has 1 aliphatic rings. The number of aliphatic imine (C=N–C) groups is 1. The number of aromatic amines is 1. The summed E-state index contributed by atoms with van der Waals surface area (Å²) in [6.45, 7) is 0.540. The summed E-state index contributed by atoms with van der Waals surface area (Å²) in [4.78, 5) is 19.0. The molecule has 0 fully saturated rings. The number of fused-ring (bicyclic) bond motifs is 1. The van der Waals surface area contributed by atoms with Crippen molar-refractivity contribution in [2.45, 2.75) is 15.9 Å². The van der Waals surface area contributed by atoms with Gasteiger partial charge >= 0.3 is 0 Å². The van der Waals surface area contributed by atoms with Crippen molar-refractivity contribution >= 4 is 60.7 Å². The van der Waals surface area contributed by atoms with Crippen LogP contribution in [-0.4, -0.2) is 43.2 Å². The Labute approximate surface area is 170 Å². The number of H-pyrrole nitrogens is 1. The zero-order valence-electron chi connectivity index (χ0n) is 15.0. The molecule has 0 spiro atoms. The molecule has 4 rings (SSSR count). The summed E-state index contributed by atoms with van der Waals surface area (Å²) in [7, 11) is -2.08. The van der Waals surface area contributed by atoms with Crippen molar-refractivity contribution in [3.05, 3.63) is 47.5 Å². The number of primary amides is 1. The topological polar surface area (TPSA) is 109 Å². The first-order chi connectivity index (χ1) is 13.4. The van der Waals surface area contributed by atoms with E-state index in [1.54, 1.807) is 30.6 Å². The molecule has 1 unspecified atom stereocenters. The minimum atomic E-state index is -3.63. The van der Waals surface area contributed by atoms with E-state index in [0.29, 0.717) is 16.4 Å². The van der Waals surface area contributed by atoms with E-state index < -0.39 is 10.0 Å². The lowest BCUT2D eigenvalue weighted by Crippen LogP contribution is -2.26. The first kappa shape index (κ1) is 19.0. The van der Waals surface area contributed by atoms with Crippen molar-refractivity contribution in [3.8, 4) is 0 Å². The number of nitrogens with two attached hydrogens (primary N) is 1. The standard InChI is InChI=1S/C18H18N4O3S3/c1-22(28(24,25)16-6-3-7-26-16)14-5-2-4-11-8-13(21-17(11)14)18-20-10-12(27-18)9-15(19)23/h2-8,12,21H,9-10H2,1H3,(H2,19,23). The number of nitrogens with one attached hydrogen (secondary N) is 1. The molecular weight excluding hydrogens is 416 g/mol. The number of hydrogen-bond donors (Lipinski definition) is 2. The lowest BCUT2D eigenvalue weighted by Gasteiger charge is -2.19. The van der Waals surface area contributed by atoms with Gasteiger partial charge in [0.15, 0.2) is 0 Å². The van der Waals surface area contributed by atoms with Crippen molar-refractivity contribution in [1.82, 2.24) is 4.98 Å². The highest BCUT2D eigenvalue weighted by Gasteiger charge is 2.26. The Morgan fingerprint density at radius 2 is 2.18 bits per heavy atom. The number of thioether (sulfide) groups is 1. The summed E-state index contributed by atoms with van der Waals surface area (Å²) in [5, 5.41) is 3.48. The Morgan fingerprint density at radius 1 is 1.36 bits per heavy atom. The molecular formula is C18H18N4O3S3. The summed E-state index contributed by atoms with van der Waals surface area (Å²) >= 11 is 2.70. The molecule has 0 radical (unpaired) electrons. The Balaban J connectivity index is 1.68. The number of para-hydroxylation sites is 1. The van der Waals surface area contributed by atoms with Crippen LogP contribution in [0.2, 0.25) is 0 Å². The number of thiophene rings is 1. The number of anilines is 1. The predicted octanol–water partition coefficient (Wildman–Crippen LogP) is 2.79. The van der Waals surface area contributed by atoms with Gasteiger partial charge in [-0.2, -0.15) is 0 Å². The van der Waals surface area contributed by atoms with Crippen molar-refractivity contribution in [2.75, 3.05) is 17.9 Å². The predicted molar refractivity (Wildman–Crippen MR) is 115 cm³/mol. The quantitative estimate of drug-likeness (QED) is 0.622. The smallest absolute Gasteiger partial charge is 0.273 e. The molecule has 1 amide bonds. The van der Waals surface area contributed by atoms with E-state index in [1.807, 2.05) is 18.2 Å². The molecule has 3 N–H and O–H groups in total. The number of aromatic nitrogens is 1. The second-order valence-corrected chi connectivity index (χ2v) is 10.8. The van der Waals surface area contributed by atoms with Gasteiger partial charge in [-0.1, -0.05) is 30.0 Å². The number of amides is 1. The number of carbonyl (C=O) groups is 1. The van der Waals surface area contributed by atoms with Crippen LogP contribution < -0.4 is 10.0 Å². The Kier molecular flexibility index (Phi) is 4.94. The van der Waals surface area contributed by atoms with Crippen LogP contribution in [0, 0.1) is 0 Å². The van der Waals surface area contributed by atoms with Gasteiger partial charge in [-0.25, -0.2) is 8.42 Å². The molecule has 7 nitrogen and oxygen atoms in total. The van der Waals surface area contributed by atoms with Gasteiger partial charge in [0, 0.05) is 24.1 Å². The third kappa shape index (κ3) is 3.43. The van der Waals surface area contributed by atoms with Crippen molar-refractivity contribution < 1.29 is 13.2 Å². The second kappa shape index (κ2) is 7.26. The molecule has 0 saturated heterocycles. The van der Waals surface area contributed by atoms with Crippen LogP contribution >= 0.6 is 23.1 Å². The number of rotatable bonds is 6. The molecule has 10 heteroatoms. The van der Waals surface area contributed by atoms with Crippen LogP contribution in [0.15, 0.2) is 51.0 Å². The summed E-state index contributed by atoms with van der Waals surface area (Å²) in [6.07, 6.45) is 0.283. The highest BCUT2D eigenvalue weighted by molar-refractivity contribution is 8.15. The fourth-order valence-electron chi connectivity index (χ4n) is 3.09. The van der Waals surface area contributed by atoms with E-state index in [1.165, 1.54) is 27.4 Å². The number of nitrogens with zero attached hydrogens (tertiary/aromatic N) is 2. The Morgan fingerprint density at radius 3 is 2.89 bits per heavy atom. The van der Waals surface area contributed by atoms with E-state index in [0.717, 1.165) is 21.6 Å². The minimum Gasteiger partial charge on any atom is -0.370 e. The summed E-state index contributed by atoms with van der Waals surface area (Å²) < 4.78 is 27.4. The zero-order valence-corrected chi connectivity index (χ0v) is 17.4. The summed E-state index contributed by atoms with van der Waals surface area (Å²) in [6, 6.07) is 10.8. The Bertz CT molecular complexity index is 1170. The fraction of sp³-hybridized carbons (Fsp3) is 0.222. The maximum Gasteiger partial charge on any atom is 0.273 e. The van der Waals surface area contributed by atoms with Gasteiger partial charge in [0.1, 0.15) is 9.25 Å². The molecule has 3 aromatic rings. The van der Waals surface area contributed by atoms with Gasteiger partial charge in [0.2, 0.25) is 5.91 Å². The largest absolute Gasteiger partial charge is 0.370 e. The van der Waals surface area contributed by atoms with Crippen molar-refractivity contribution in [2.24, 2.45) is 10.7 Å². The summed E-state index contributed by atoms with van der Waals surface area (Å²) in [5.41, 5.74) is 7.37. The van der Waals surface area contributed by atoms with Crippen molar-refractivity contribution in [3.63, 3.8) is 0 Å². The number of benzene rings is 1. The summed E-state index contributed by atoms with van der Waals surface area (Å²) in [5.74, 6) is -0.340. The van der Waals surface area contributed by atoms with E-state index >= 15 is 0 Å². The first-order valence-electron chi connectivity index (χ1n) is 8.50.